The largest absolute Gasteiger partial charge is 0.493 e. The molecule has 1 aromatic carbocycles. The van der Waals surface area contributed by atoms with Crippen molar-refractivity contribution in [3.8, 4) is 5.75 Å². The SMILES string of the molecule is CCCOc1ccccc1/C=C1\NC(=S)NC1=O. The summed E-state index contributed by atoms with van der Waals surface area (Å²) in [7, 11) is 0. The minimum absolute atomic E-state index is 0.217. The zero-order chi connectivity index (χ0) is 13.0. The van der Waals surface area contributed by atoms with Crippen LogP contribution in [0.3, 0.4) is 0 Å². The molecular weight excluding hydrogens is 248 g/mol. The van der Waals surface area contributed by atoms with Gasteiger partial charge in [-0.1, -0.05) is 25.1 Å². The smallest absolute Gasteiger partial charge is 0.273 e. The summed E-state index contributed by atoms with van der Waals surface area (Å²) in [5.74, 6) is 0.546. The third-order valence-electron chi connectivity index (χ3n) is 2.40. The lowest BCUT2D eigenvalue weighted by Gasteiger charge is -2.08. The van der Waals surface area contributed by atoms with E-state index in [2.05, 4.69) is 10.6 Å². The maximum atomic E-state index is 11.5. The molecule has 1 heterocycles. The molecule has 0 bridgehead atoms. The zero-order valence-corrected chi connectivity index (χ0v) is 10.8. The molecule has 0 radical (unpaired) electrons. The number of nitrogens with one attached hydrogen (secondary N) is 2. The number of hydrogen-bond donors (Lipinski definition) is 2. The number of hydrogen-bond acceptors (Lipinski definition) is 3. The number of thiocarbonyl (C=S) groups is 1. The van der Waals surface area contributed by atoms with Gasteiger partial charge in [-0.2, -0.15) is 0 Å². The van der Waals surface area contributed by atoms with Gasteiger partial charge in [0.15, 0.2) is 5.11 Å². The predicted molar refractivity (Wildman–Crippen MR) is 74.1 cm³/mol. The second-order valence-electron chi connectivity index (χ2n) is 3.85. The number of carbonyl (C=O) groups is 1. The minimum atomic E-state index is -0.217. The van der Waals surface area contributed by atoms with E-state index in [1.807, 2.05) is 31.2 Å². The fourth-order valence-corrected chi connectivity index (χ4v) is 1.78. The fraction of sp³-hybridized carbons (Fsp3) is 0.231. The van der Waals surface area contributed by atoms with Gasteiger partial charge in [0.2, 0.25) is 0 Å². The van der Waals surface area contributed by atoms with E-state index in [-0.39, 0.29) is 5.91 Å². The molecule has 1 aliphatic rings. The summed E-state index contributed by atoms with van der Waals surface area (Å²) in [6.07, 6.45) is 2.67. The highest BCUT2D eigenvalue weighted by Gasteiger charge is 2.20. The molecule has 2 N–H and O–H groups in total. The van der Waals surface area contributed by atoms with Crippen LogP contribution in [0.1, 0.15) is 18.9 Å². The summed E-state index contributed by atoms with van der Waals surface area (Å²) in [4.78, 5) is 11.5. The Hall–Kier alpha value is -1.88. The standard InChI is InChI=1S/C13H14N2O2S/c1-2-7-17-11-6-4-3-5-9(11)8-10-12(16)15-13(18)14-10/h3-6,8H,2,7H2,1H3,(H2,14,15,16,18)/b10-8-. The third-order valence-corrected chi connectivity index (χ3v) is 2.60. The van der Waals surface area contributed by atoms with E-state index >= 15 is 0 Å². The molecule has 18 heavy (non-hydrogen) atoms. The van der Waals surface area contributed by atoms with Gasteiger partial charge in [-0.25, -0.2) is 0 Å². The van der Waals surface area contributed by atoms with E-state index in [0.717, 1.165) is 17.7 Å². The third kappa shape index (κ3) is 2.87. The van der Waals surface area contributed by atoms with Crippen molar-refractivity contribution in [2.45, 2.75) is 13.3 Å². The van der Waals surface area contributed by atoms with Crippen LogP contribution in [0.15, 0.2) is 30.0 Å². The molecule has 1 saturated heterocycles. The first kappa shape index (κ1) is 12.6. The molecule has 0 unspecified atom stereocenters. The van der Waals surface area contributed by atoms with Crippen LogP contribution in [0.5, 0.6) is 5.75 Å². The molecule has 2 rings (SSSR count). The van der Waals surface area contributed by atoms with Gasteiger partial charge in [-0.3, -0.25) is 10.1 Å². The van der Waals surface area contributed by atoms with Crippen LogP contribution in [-0.4, -0.2) is 17.6 Å². The number of benzene rings is 1. The monoisotopic (exact) mass is 262 g/mol. The van der Waals surface area contributed by atoms with Crippen LogP contribution < -0.4 is 15.4 Å². The summed E-state index contributed by atoms with van der Waals surface area (Å²) in [6, 6.07) is 7.58. The van der Waals surface area contributed by atoms with Gasteiger partial charge in [-0.05, 0) is 30.8 Å². The van der Waals surface area contributed by atoms with Crippen LogP contribution in [0.2, 0.25) is 0 Å². The first-order valence-electron chi connectivity index (χ1n) is 5.76. The molecule has 0 saturated carbocycles. The Balaban J connectivity index is 2.25. The Kier molecular flexibility index (Phi) is 3.94. The molecule has 1 aliphatic heterocycles. The number of para-hydroxylation sites is 1. The Morgan fingerprint density at radius 1 is 1.33 bits per heavy atom. The second-order valence-corrected chi connectivity index (χ2v) is 4.26. The van der Waals surface area contributed by atoms with E-state index in [9.17, 15) is 4.79 Å². The van der Waals surface area contributed by atoms with Crippen LogP contribution in [0.4, 0.5) is 0 Å². The average molecular weight is 262 g/mol. The Labute approximate surface area is 111 Å². The summed E-state index contributed by atoms with van der Waals surface area (Å²) < 4.78 is 5.62. The van der Waals surface area contributed by atoms with Crippen molar-refractivity contribution in [1.82, 2.24) is 10.6 Å². The number of rotatable bonds is 4. The molecular formula is C13H14N2O2S. The Morgan fingerprint density at radius 3 is 2.78 bits per heavy atom. The molecule has 0 atom stereocenters. The lowest BCUT2D eigenvalue weighted by Crippen LogP contribution is -2.21. The summed E-state index contributed by atoms with van der Waals surface area (Å²) >= 11 is 4.88. The highest BCUT2D eigenvalue weighted by Crippen LogP contribution is 2.21. The maximum Gasteiger partial charge on any atom is 0.273 e. The molecule has 5 heteroatoms. The first-order valence-corrected chi connectivity index (χ1v) is 6.17. The van der Waals surface area contributed by atoms with Crippen LogP contribution in [0.25, 0.3) is 6.08 Å². The van der Waals surface area contributed by atoms with Crippen molar-refractivity contribution < 1.29 is 9.53 Å². The number of ether oxygens (including phenoxy) is 1. The normalized spacial score (nSPS) is 16.6. The lowest BCUT2D eigenvalue weighted by atomic mass is 10.1. The van der Waals surface area contributed by atoms with Crippen LogP contribution in [-0.2, 0) is 4.79 Å². The van der Waals surface area contributed by atoms with E-state index in [1.165, 1.54) is 0 Å². The molecule has 1 aromatic rings. The zero-order valence-electron chi connectivity index (χ0n) is 10.0. The predicted octanol–water partition coefficient (Wildman–Crippen LogP) is 1.82. The van der Waals surface area contributed by atoms with Gasteiger partial charge in [0.05, 0.1) is 6.61 Å². The van der Waals surface area contributed by atoms with Crippen molar-refractivity contribution in [2.24, 2.45) is 0 Å². The molecule has 4 nitrogen and oxygen atoms in total. The molecule has 1 fully saturated rings. The van der Waals surface area contributed by atoms with Crippen molar-refractivity contribution in [1.29, 1.82) is 0 Å². The Morgan fingerprint density at radius 2 is 2.11 bits per heavy atom. The Bertz CT molecular complexity index is 511. The second kappa shape index (κ2) is 5.64. The quantitative estimate of drug-likeness (QED) is 0.642. The molecule has 94 valence electrons. The number of amides is 1. The van der Waals surface area contributed by atoms with E-state index in [1.54, 1.807) is 6.08 Å². The van der Waals surface area contributed by atoms with Crippen LogP contribution in [0, 0.1) is 0 Å². The van der Waals surface area contributed by atoms with Gasteiger partial charge >= 0.3 is 0 Å². The molecule has 0 spiro atoms. The fourth-order valence-electron chi connectivity index (χ4n) is 1.58. The van der Waals surface area contributed by atoms with Crippen molar-refractivity contribution >= 4 is 29.3 Å². The lowest BCUT2D eigenvalue weighted by molar-refractivity contribution is -0.115. The molecule has 0 aromatic heterocycles. The molecule has 1 amide bonds. The number of carbonyl (C=O) groups excluding carboxylic acids is 1. The summed E-state index contributed by atoms with van der Waals surface area (Å²) in [5, 5.41) is 5.67. The maximum absolute atomic E-state index is 11.5. The van der Waals surface area contributed by atoms with E-state index < -0.39 is 0 Å². The summed E-state index contributed by atoms with van der Waals surface area (Å²) in [6.45, 7) is 2.70. The van der Waals surface area contributed by atoms with Crippen molar-refractivity contribution in [3.63, 3.8) is 0 Å². The van der Waals surface area contributed by atoms with Gasteiger partial charge in [-0.15, -0.1) is 0 Å². The van der Waals surface area contributed by atoms with Gasteiger partial charge in [0, 0.05) is 5.56 Å². The summed E-state index contributed by atoms with van der Waals surface area (Å²) in [5.41, 5.74) is 1.29. The first-order chi connectivity index (χ1) is 8.70. The van der Waals surface area contributed by atoms with Gasteiger partial charge in [0.1, 0.15) is 11.4 Å². The van der Waals surface area contributed by atoms with Gasteiger partial charge < -0.3 is 10.1 Å². The van der Waals surface area contributed by atoms with Crippen LogP contribution >= 0.6 is 12.2 Å². The van der Waals surface area contributed by atoms with Crippen molar-refractivity contribution in [3.05, 3.63) is 35.5 Å². The van der Waals surface area contributed by atoms with E-state index in [4.69, 9.17) is 17.0 Å². The van der Waals surface area contributed by atoms with E-state index in [0.29, 0.717) is 17.4 Å². The van der Waals surface area contributed by atoms with Gasteiger partial charge in [0.25, 0.3) is 5.91 Å². The minimum Gasteiger partial charge on any atom is -0.493 e. The highest BCUT2D eigenvalue weighted by atomic mass is 32.1. The highest BCUT2D eigenvalue weighted by molar-refractivity contribution is 7.80. The molecule has 0 aliphatic carbocycles. The average Bonchev–Trinajstić information content (AvgIpc) is 2.67. The van der Waals surface area contributed by atoms with Crippen molar-refractivity contribution in [2.75, 3.05) is 6.61 Å². The topological polar surface area (TPSA) is 50.4 Å².